The molecule has 148 valence electrons. The summed E-state index contributed by atoms with van der Waals surface area (Å²) in [5.41, 5.74) is 4.14. The maximum absolute atomic E-state index is 11.6. The van der Waals surface area contributed by atoms with Crippen LogP contribution in [0.5, 0.6) is 0 Å². The van der Waals surface area contributed by atoms with E-state index in [1.54, 1.807) is 18.7 Å². The summed E-state index contributed by atoms with van der Waals surface area (Å²) in [4.78, 5) is 32.5. The molecular weight excluding hydrogens is 376 g/mol. The van der Waals surface area contributed by atoms with Gasteiger partial charge in [-0.3, -0.25) is 14.6 Å². The third-order valence-corrected chi connectivity index (χ3v) is 6.37. The van der Waals surface area contributed by atoms with Crippen LogP contribution in [0.2, 0.25) is 0 Å². The topological polar surface area (TPSA) is 97.8 Å². The van der Waals surface area contributed by atoms with Crippen molar-refractivity contribution < 1.29 is 14.7 Å². The fraction of sp³-hybridized carbons (Fsp3) is 0.450. The Bertz CT molecular complexity index is 968. The van der Waals surface area contributed by atoms with Crippen molar-refractivity contribution in [3.8, 4) is 0 Å². The average Bonchev–Trinajstić information content (AvgIpc) is 3.32. The van der Waals surface area contributed by atoms with E-state index in [-0.39, 0.29) is 24.4 Å². The number of carbonyl (C=O) groups excluding carboxylic acids is 1. The first-order valence-corrected chi connectivity index (χ1v) is 10.5. The Kier molecular flexibility index (Phi) is 5.05. The highest BCUT2D eigenvalue weighted by atomic mass is 32.2. The molecular formula is C20H24N4O3S. The van der Waals surface area contributed by atoms with Crippen molar-refractivity contribution in [2.45, 2.75) is 38.8 Å². The first-order valence-electron chi connectivity index (χ1n) is 9.47. The van der Waals surface area contributed by atoms with Gasteiger partial charge in [-0.15, -0.1) is 11.8 Å². The maximum Gasteiger partial charge on any atom is 0.305 e. The van der Waals surface area contributed by atoms with Crippen LogP contribution in [0.25, 0.3) is 10.9 Å². The van der Waals surface area contributed by atoms with Gasteiger partial charge in [-0.2, -0.15) is 0 Å². The summed E-state index contributed by atoms with van der Waals surface area (Å²) in [6, 6.07) is 6.40. The standard InChI is InChI=1S/C20H24N4O3S/c1-11-5-13-7-17(20-22-15(10-28-20)8-18(26)27)23-19(13)16(6-11)21-14-3-4-24(9-14)12(2)25/h5-7,14-15,21,23H,3-4,8-10H2,1-2H3,(H,26,27)/t14-,15?/m0/s1. The van der Waals surface area contributed by atoms with Crippen molar-refractivity contribution in [1.29, 1.82) is 0 Å². The molecule has 1 fully saturated rings. The minimum Gasteiger partial charge on any atom is -0.481 e. The molecule has 3 heterocycles. The summed E-state index contributed by atoms with van der Waals surface area (Å²) in [6.07, 6.45) is 0.999. The van der Waals surface area contributed by atoms with Crippen LogP contribution in [0.15, 0.2) is 23.2 Å². The Labute approximate surface area is 167 Å². The fourth-order valence-corrected chi connectivity index (χ4v) is 4.91. The second kappa shape index (κ2) is 7.50. The lowest BCUT2D eigenvalue weighted by molar-refractivity contribution is -0.137. The molecule has 7 nitrogen and oxygen atoms in total. The Hall–Kier alpha value is -2.48. The number of aryl methyl sites for hydroxylation is 1. The summed E-state index contributed by atoms with van der Waals surface area (Å²) in [7, 11) is 0. The monoisotopic (exact) mass is 400 g/mol. The van der Waals surface area contributed by atoms with Gasteiger partial charge >= 0.3 is 5.97 Å². The normalized spacial score (nSPS) is 21.9. The number of hydrogen-bond donors (Lipinski definition) is 3. The van der Waals surface area contributed by atoms with Gasteiger partial charge in [0.1, 0.15) is 5.04 Å². The lowest BCUT2D eigenvalue weighted by atomic mass is 10.1. The van der Waals surface area contributed by atoms with Gasteiger partial charge in [-0.25, -0.2) is 0 Å². The minimum absolute atomic E-state index is 0.0664. The van der Waals surface area contributed by atoms with Crippen molar-refractivity contribution >= 4 is 45.3 Å². The summed E-state index contributed by atoms with van der Waals surface area (Å²) in [6.45, 7) is 5.19. The average molecular weight is 401 g/mol. The molecule has 2 atom stereocenters. The number of aromatic nitrogens is 1. The number of nitrogens with zero attached hydrogens (tertiary/aromatic N) is 2. The molecule has 1 aromatic heterocycles. The lowest BCUT2D eigenvalue weighted by Crippen LogP contribution is -2.29. The molecule has 8 heteroatoms. The number of carbonyl (C=O) groups is 2. The first kappa shape index (κ1) is 18.9. The molecule has 0 spiro atoms. The zero-order chi connectivity index (χ0) is 19.8. The summed E-state index contributed by atoms with van der Waals surface area (Å²) in [5.74, 6) is 0.00272. The van der Waals surface area contributed by atoms with E-state index in [1.807, 2.05) is 4.90 Å². The van der Waals surface area contributed by atoms with Crippen molar-refractivity contribution in [1.82, 2.24) is 9.88 Å². The molecule has 3 N–H and O–H groups in total. The molecule has 4 rings (SSSR count). The van der Waals surface area contributed by atoms with Gasteiger partial charge in [0.25, 0.3) is 0 Å². The molecule has 2 aromatic rings. The van der Waals surface area contributed by atoms with Gasteiger partial charge in [-0.05, 0) is 37.1 Å². The van der Waals surface area contributed by atoms with Crippen LogP contribution in [-0.2, 0) is 9.59 Å². The van der Waals surface area contributed by atoms with Gasteiger partial charge < -0.3 is 20.3 Å². The third kappa shape index (κ3) is 3.87. The van der Waals surface area contributed by atoms with Crippen LogP contribution in [0, 0.1) is 6.92 Å². The molecule has 1 saturated heterocycles. The first-order chi connectivity index (χ1) is 13.4. The number of aliphatic carboxylic acids is 1. The van der Waals surface area contributed by atoms with E-state index in [4.69, 9.17) is 5.11 Å². The van der Waals surface area contributed by atoms with E-state index in [1.165, 1.54) is 0 Å². The number of H-pyrrole nitrogens is 1. The molecule has 0 radical (unpaired) electrons. The SMILES string of the molecule is CC(=O)N1CC[C@H](Nc2cc(C)cc3cc(C4=NC(CC(=O)O)CS4)[nH]c23)C1. The molecule has 0 aliphatic carbocycles. The largest absolute Gasteiger partial charge is 0.481 e. The molecule has 1 unspecified atom stereocenters. The van der Waals surface area contributed by atoms with Gasteiger partial charge in [0, 0.05) is 37.2 Å². The molecule has 1 aromatic carbocycles. The summed E-state index contributed by atoms with van der Waals surface area (Å²) < 4.78 is 0. The van der Waals surface area contributed by atoms with Crippen molar-refractivity contribution in [3.63, 3.8) is 0 Å². The van der Waals surface area contributed by atoms with Crippen LogP contribution in [0.3, 0.4) is 0 Å². The number of anilines is 1. The van der Waals surface area contributed by atoms with Gasteiger partial charge in [0.15, 0.2) is 0 Å². The van der Waals surface area contributed by atoms with E-state index in [9.17, 15) is 9.59 Å². The zero-order valence-corrected chi connectivity index (χ0v) is 16.8. The van der Waals surface area contributed by atoms with E-state index >= 15 is 0 Å². The predicted octanol–water partition coefficient (Wildman–Crippen LogP) is 2.85. The predicted molar refractivity (Wildman–Crippen MR) is 112 cm³/mol. The molecule has 2 aliphatic rings. The van der Waals surface area contributed by atoms with Crippen molar-refractivity contribution in [3.05, 3.63) is 29.5 Å². The number of aromatic amines is 1. The van der Waals surface area contributed by atoms with Crippen LogP contribution in [0.4, 0.5) is 5.69 Å². The minimum atomic E-state index is -0.814. The van der Waals surface area contributed by atoms with E-state index in [2.05, 4.69) is 40.4 Å². The number of benzene rings is 1. The molecule has 28 heavy (non-hydrogen) atoms. The number of hydrogen-bond acceptors (Lipinski definition) is 5. The highest BCUT2D eigenvalue weighted by molar-refractivity contribution is 8.14. The number of rotatable bonds is 5. The molecule has 0 saturated carbocycles. The lowest BCUT2D eigenvalue weighted by Gasteiger charge is -2.17. The fourth-order valence-electron chi connectivity index (χ4n) is 3.88. The van der Waals surface area contributed by atoms with Gasteiger partial charge in [0.2, 0.25) is 5.91 Å². The Morgan fingerprint density at radius 2 is 2.21 bits per heavy atom. The number of thioether (sulfide) groups is 1. The molecule has 1 amide bonds. The molecule has 0 bridgehead atoms. The van der Waals surface area contributed by atoms with Crippen LogP contribution in [-0.4, -0.2) is 62.8 Å². The van der Waals surface area contributed by atoms with Gasteiger partial charge in [0.05, 0.1) is 29.4 Å². The van der Waals surface area contributed by atoms with Crippen LogP contribution >= 0.6 is 11.8 Å². The summed E-state index contributed by atoms with van der Waals surface area (Å²) in [5, 5.41) is 14.6. The number of likely N-dealkylation sites (tertiary alicyclic amines) is 1. The highest BCUT2D eigenvalue weighted by Crippen LogP contribution is 2.31. The van der Waals surface area contributed by atoms with Crippen molar-refractivity contribution in [2.24, 2.45) is 4.99 Å². The molecule has 2 aliphatic heterocycles. The smallest absolute Gasteiger partial charge is 0.305 e. The second-order valence-corrected chi connectivity index (χ2v) is 8.56. The van der Waals surface area contributed by atoms with E-state index < -0.39 is 5.97 Å². The van der Waals surface area contributed by atoms with Crippen molar-refractivity contribution in [2.75, 3.05) is 24.2 Å². The zero-order valence-electron chi connectivity index (χ0n) is 16.0. The number of nitrogens with one attached hydrogen (secondary N) is 2. The maximum atomic E-state index is 11.6. The Morgan fingerprint density at radius 3 is 2.93 bits per heavy atom. The Morgan fingerprint density at radius 1 is 1.39 bits per heavy atom. The number of fused-ring (bicyclic) bond motifs is 1. The van der Waals surface area contributed by atoms with E-state index in [0.717, 1.165) is 52.4 Å². The summed E-state index contributed by atoms with van der Waals surface area (Å²) >= 11 is 1.60. The number of aliphatic imine (C=N–C) groups is 1. The van der Waals surface area contributed by atoms with E-state index in [0.29, 0.717) is 5.75 Å². The Balaban J connectivity index is 1.59. The third-order valence-electron chi connectivity index (χ3n) is 5.22. The highest BCUT2D eigenvalue weighted by Gasteiger charge is 2.26. The quantitative estimate of drug-likeness (QED) is 0.717. The van der Waals surface area contributed by atoms with Crippen LogP contribution in [0.1, 0.15) is 31.0 Å². The number of amides is 1. The number of carboxylic acid groups (broad SMARTS) is 1. The van der Waals surface area contributed by atoms with Crippen LogP contribution < -0.4 is 5.32 Å². The second-order valence-electron chi connectivity index (χ2n) is 7.55. The number of carboxylic acids is 1. The van der Waals surface area contributed by atoms with Gasteiger partial charge in [-0.1, -0.05) is 0 Å².